The minimum atomic E-state index is -4.24. The van der Waals surface area contributed by atoms with Crippen LogP contribution < -0.4 is 10.2 Å². The highest BCUT2D eigenvalue weighted by Crippen LogP contribution is 2.39. The molecule has 1 aliphatic heterocycles. The van der Waals surface area contributed by atoms with Gasteiger partial charge in [0.05, 0.1) is 0 Å². The molecule has 0 aromatic heterocycles. The Bertz CT molecular complexity index is 526. The number of thioether (sulfide) groups is 1. The van der Waals surface area contributed by atoms with E-state index >= 15 is 0 Å². The lowest BCUT2D eigenvalue weighted by molar-refractivity contribution is -0.0322. The average Bonchev–Trinajstić information content (AvgIpc) is 2.84. The monoisotopic (exact) mass is 316 g/mol. The summed E-state index contributed by atoms with van der Waals surface area (Å²) in [6, 6.07) is 8.08. The lowest BCUT2D eigenvalue weighted by atomic mass is 10.2. The number of hydrogen-bond donors (Lipinski definition) is 1. The topological polar surface area (TPSA) is 15.3 Å². The van der Waals surface area contributed by atoms with Gasteiger partial charge in [-0.2, -0.15) is 13.2 Å². The van der Waals surface area contributed by atoms with Crippen LogP contribution in [0.1, 0.15) is 18.9 Å². The SMILES string of the molecule is CN/C(C)=C(/CCN1CCc2ccccc21)SC(F)(F)F. The van der Waals surface area contributed by atoms with Crippen LogP contribution in [0, 0.1) is 0 Å². The molecule has 0 amide bonds. The molecule has 2 rings (SSSR count). The summed E-state index contributed by atoms with van der Waals surface area (Å²) in [6.45, 7) is 3.17. The van der Waals surface area contributed by atoms with E-state index in [2.05, 4.69) is 16.3 Å². The van der Waals surface area contributed by atoms with Gasteiger partial charge in [-0.3, -0.25) is 0 Å². The number of alkyl halides is 3. The number of benzene rings is 1. The number of rotatable bonds is 5. The average molecular weight is 316 g/mol. The van der Waals surface area contributed by atoms with Crippen molar-refractivity contribution in [3.8, 4) is 0 Å². The first-order valence-electron chi connectivity index (χ1n) is 6.87. The minimum absolute atomic E-state index is 0.0103. The quantitative estimate of drug-likeness (QED) is 0.879. The molecule has 0 aliphatic carbocycles. The zero-order valence-electron chi connectivity index (χ0n) is 12.1. The van der Waals surface area contributed by atoms with Crippen LogP contribution in [0.3, 0.4) is 0 Å². The molecule has 0 saturated carbocycles. The highest BCUT2D eigenvalue weighted by molar-refractivity contribution is 8.03. The van der Waals surface area contributed by atoms with Crippen LogP contribution in [0.5, 0.6) is 0 Å². The van der Waals surface area contributed by atoms with E-state index in [4.69, 9.17) is 0 Å². The first-order chi connectivity index (χ1) is 9.90. The zero-order chi connectivity index (χ0) is 15.5. The summed E-state index contributed by atoms with van der Waals surface area (Å²) in [5.41, 5.74) is -1.23. The summed E-state index contributed by atoms with van der Waals surface area (Å²) in [6.07, 6.45) is 1.36. The number of para-hydroxylation sites is 1. The fourth-order valence-electron chi connectivity index (χ4n) is 2.47. The number of anilines is 1. The van der Waals surface area contributed by atoms with Gasteiger partial charge in [0.1, 0.15) is 0 Å². The molecular formula is C15H19F3N2S. The van der Waals surface area contributed by atoms with Crippen molar-refractivity contribution >= 4 is 17.4 Å². The Morgan fingerprint density at radius 2 is 2.05 bits per heavy atom. The number of allylic oxidation sites excluding steroid dienone is 1. The summed E-state index contributed by atoms with van der Waals surface area (Å²) in [5.74, 6) is 0. The molecule has 2 nitrogen and oxygen atoms in total. The molecule has 1 N–H and O–H groups in total. The second kappa shape index (κ2) is 6.64. The van der Waals surface area contributed by atoms with Gasteiger partial charge >= 0.3 is 5.51 Å². The molecule has 0 spiro atoms. The molecule has 0 bridgehead atoms. The molecule has 0 unspecified atom stereocenters. The van der Waals surface area contributed by atoms with E-state index in [1.807, 2.05) is 18.2 Å². The van der Waals surface area contributed by atoms with Crippen LogP contribution in [-0.4, -0.2) is 25.6 Å². The van der Waals surface area contributed by atoms with Gasteiger partial charge in [0.2, 0.25) is 0 Å². The minimum Gasteiger partial charge on any atom is -0.391 e. The van der Waals surface area contributed by atoms with Crippen LogP contribution >= 0.6 is 11.8 Å². The van der Waals surface area contributed by atoms with E-state index in [-0.39, 0.29) is 11.8 Å². The summed E-state index contributed by atoms with van der Waals surface area (Å²) in [7, 11) is 1.65. The molecule has 1 aromatic carbocycles. The first kappa shape index (κ1) is 16.1. The fraction of sp³-hybridized carbons (Fsp3) is 0.467. The molecule has 1 heterocycles. The molecule has 21 heavy (non-hydrogen) atoms. The van der Waals surface area contributed by atoms with E-state index < -0.39 is 5.51 Å². The molecule has 6 heteroatoms. The van der Waals surface area contributed by atoms with Gasteiger partial charge in [0.25, 0.3) is 0 Å². The van der Waals surface area contributed by atoms with Gasteiger partial charge in [-0.25, -0.2) is 0 Å². The van der Waals surface area contributed by atoms with E-state index in [1.54, 1.807) is 14.0 Å². The largest absolute Gasteiger partial charge is 0.446 e. The molecule has 116 valence electrons. The van der Waals surface area contributed by atoms with Crippen molar-refractivity contribution in [3.05, 3.63) is 40.4 Å². The summed E-state index contributed by atoms with van der Waals surface area (Å²) < 4.78 is 37.9. The summed E-state index contributed by atoms with van der Waals surface area (Å²) >= 11 is -0.0103. The molecule has 0 fully saturated rings. The van der Waals surface area contributed by atoms with Crippen molar-refractivity contribution in [2.24, 2.45) is 0 Å². The number of nitrogens with zero attached hydrogens (tertiary/aromatic N) is 1. The van der Waals surface area contributed by atoms with E-state index in [1.165, 1.54) is 5.56 Å². The Morgan fingerprint density at radius 3 is 2.71 bits per heavy atom. The third kappa shape index (κ3) is 4.33. The van der Waals surface area contributed by atoms with Crippen LogP contribution in [0.2, 0.25) is 0 Å². The van der Waals surface area contributed by atoms with E-state index in [9.17, 15) is 13.2 Å². The Kier molecular flexibility index (Phi) is 5.08. The number of fused-ring (bicyclic) bond motifs is 1. The Labute approximate surface area is 127 Å². The maximum absolute atomic E-state index is 12.6. The third-order valence-corrected chi connectivity index (χ3v) is 4.61. The van der Waals surface area contributed by atoms with Gasteiger partial charge in [-0.15, -0.1) is 0 Å². The van der Waals surface area contributed by atoms with Gasteiger partial charge in [-0.1, -0.05) is 18.2 Å². The van der Waals surface area contributed by atoms with Gasteiger partial charge in [0, 0.05) is 36.4 Å². The molecule has 0 radical (unpaired) electrons. The Morgan fingerprint density at radius 1 is 1.33 bits per heavy atom. The van der Waals surface area contributed by atoms with Crippen LogP contribution in [0.4, 0.5) is 18.9 Å². The maximum atomic E-state index is 12.6. The van der Waals surface area contributed by atoms with Crippen LogP contribution in [-0.2, 0) is 6.42 Å². The second-order valence-corrected chi connectivity index (χ2v) is 6.12. The van der Waals surface area contributed by atoms with E-state index in [0.29, 0.717) is 23.6 Å². The van der Waals surface area contributed by atoms with Crippen molar-refractivity contribution in [2.75, 3.05) is 25.0 Å². The number of hydrogen-bond acceptors (Lipinski definition) is 3. The predicted molar refractivity (Wildman–Crippen MR) is 82.4 cm³/mol. The summed E-state index contributed by atoms with van der Waals surface area (Å²) in [4.78, 5) is 2.52. The van der Waals surface area contributed by atoms with Crippen LogP contribution in [0.25, 0.3) is 0 Å². The van der Waals surface area contributed by atoms with Crippen molar-refractivity contribution in [3.63, 3.8) is 0 Å². The van der Waals surface area contributed by atoms with Crippen LogP contribution in [0.15, 0.2) is 34.9 Å². The normalized spacial score (nSPS) is 15.8. The molecule has 1 aliphatic rings. The fourth-order valence-corrected chi connectivity index (χ4v) is 3.20. The lowest BCUT2D eigenvalue weighted by Crippen LogP contribution is -2.23. The van der Waals surface area contributed by atoms with E-state index in [0.717, 1.165) is 18.7 Å². The highest BCUT2D eigenvalue weighted by atomic mass is 32.2. The second-order valence-electron chi connectivity index (χ2n) is 4.96. The van der Waals surface area contributed by atoms with Crippen molar-refractivity contribution in [2.45, 2.75) is 25.3 Å². The van der Waals surface area contributed by atoms with Crippen molar-refractivity contribution < 1.29 is 13.2 Å². The molecular weight excluding hydrogens is 297 g/mol. The number of nitrogens with one attached hydrogen (secondary N) is 1. The molecule has 0 saturated heterocycles. The highest BCUT2D eigenvalue weighted by Gasteiger charge is 2.31. The Hall–Kier alpha value is -1.30. The number of halogens is 3. The van der Waals surface area contributed by atoms with Gasteiger partial charge in [-0.05, 0) is 43.2 Å². The molecule has 1 aromatic rings. The van der Waals surface area contributed by atoms with Crippen molar-refractivity contribution in [1.29, 1.82) is 0 Å². The Balaban J connectivity index is 2.04. The zero-order valence-corrected chi connectivity index (χ0v) is 12.9. The lowest BCUT2D eigenvalue weighted by Gasteiger charge is -2.21. The van der Waals surface area contributed by atoms with Gasteiger partial charge < -0.3 is 10.2 Å². The predicted octanol–water partition coefficient (Wildman–Crippen LogP) is 4.14. The first-order valence-corrected chi connectivity index (χ1v) is 7.68. The molecule has 0 atom stereocenters. The van der Waals surface area contributed by atoms with Crippen molar-refractivity contribution in [1.82, 2.24) is 5.32 Å². The third-order valence-electron chi connectivity index (χ3n) is 3.62. The summed E-state index contributed by atoms with van der Waals surface area (Å²) in [5, 5.41) is 2.82. The smallest absolute Gasteiger partial charge is 0.391 e. The van der Waals surface area contributed by atoms with Gasteiger partial charge in [0.15, 0.2) is 0 Å². The maximum Gasteiger partial charge on any atom is 0.446 e. The standard InChI is InChI=1S/C15H19F3N2S/c1-11(19-2)14(21-15(16,17)18)8-10-20-9-7-12-5-3-4-6-13(12)20/h3-6,19H,7-10H2,1-2H3/b14-11-.